The van der Waals surface area contributed by atoms with Gasteiger partial charge in [0.05, 0.1) is 17.2 Å². The van der Waals surface area contributed by atoms with Crippen molar-refractivity contribution in [2.24, 2.45) is 0 Å². The standard InChI is InChI=1S/C20H20Cl2N4O4S2/c1-2-30-17-8-4-3-6-13(17)7-5-11-23-32(28,29)20-26-25-19(31-20)24-18(27)15-10-9-14(21)12-16(15)22/h3-4,6,8-10,12,23H,2,5,7,11H2,1H3,(H,24,25,27). The van der Waals surface area contributed by atoms with Crippen LogP contribution in [-0.4, -0.2) is 37.7 Å². The molecule has 3 aromatic rings. The molecule has 0 saturated carbocycles. The fourth-order valence-corrected chi connectivity index (χ4v) is 5.26. The van der Waals surface area contributed by atoms with Gasteiger partial charge in [-0.15, -0.1) is 10.2 Å². The van der Waals surface area contributed by atoms with Crippen LogP contribution in [0.1, 0.15) is 29.3 Å². The Balaban J connectivity index is 1.56. The van der Waals surface area contributed by atoms with E-state index >= 15 is 0 Å². The van der Waals surface area contributed by atoms with Gasteiger partial charge in [-0.3, -0.25) is 10.1 Å². The maximum absolute atomic E-state index is 12.5. The number of para-hydroxylation sites is 1. The molecule has 1 amide bonds. The number of hydrogen-bond acceptors (Lipinski definition) is 7. The molecule has 2 N–H and O–H groups in total. The van der Waals surface area contributed by atoms with Crippen molar-refractivity contribution in [3.05, 3.63) is 63.6 Å². The number of halogens is 2. The van der Waals surface area contributed by atoms with E-state index in [1.165, 1.54) is 18.2 Å². The highest BCUT2D eigenvalue weighted by atomic mass is 35.5. The SMILES string of the molecule is CCOc1ccccc1CCCNS(=O)(=O)c1nnc(NC(=O)c2ccc(Cl)cc2Cl)s1. The first-order valence-corrected chi connectivity index (χ1v) is 12.7. The average Bonchev–Trinajstić information content (AvgIpc) is 3.22. The number of carbonyl (C=O) groups is 1. The lowest BCUT2D eigenvalue weighted by Crippen LogP contribution is -2.25. The second kappa shape index (κ2) is 11.1. The zero-order valence-electron chi connectivity index (χ0n) is 17.0. The fourth-order valence-electron chi connectivity index (χ4n) is 2.76. The molecule has 0 fully saturated rings. The van der Waals surface area contributed by atoms with Gasteiger partial charge in [-0.25, -0.2) is 13.1 Å². The van der Waals surface area contributed by atoms with Crippen LogP contribution in [0.3, 0.4) is 0 Å². The molecule has 3 rings (SSSR count). The predicted octanol–water partition coefficient (Wildman–Crippen LogP) is 4.41. The Hall–Kier alpha value is -2.24. The van der Waals surface area contributed by atoms with Crippen molar-refractivity contribution in [1.29, 1.82) is 0 Å². The summed E-state index contributed by atoms with van der Waals surface area (Å²) < 4.78 is 32.8. The summed E-state index contributed by atoms with van der Waals surface area (Å²) in [6, 6.07) is 12.1. The van der Waals surface area contributed by atoms with Crippen molar-refractivity contribution < 1.29 is 17.9 Å². The summed E-state index contributed by atoms with van der Waals surface area (Å²) in [5.41, 5.74) is 1.19. The summed E-state index contributed by atoms with van der Waals surface area (Å²) in [5, 5.41) is 10.5. The van der Waals surface area contributed by atoms with Gasteiger partial charge in [0.2, 0.25) is 9.47 Å². The highest BCUT2D eigenvalue weighted by molar-refractivity contribution is 7.91. The number of nitrogens with zero attached hydrogens (tertiary/aromatic N) is 2. The first kappa shape index (κ1) is 24.4. The summed E-state index contributed by atoms with van der Waals surface area (Å²) in [5.74, 6) is 0.246. The monoisotopic (exact) mass is 514 g/mol. The van der Waals surface area contributed by atoms with Gasteiger partial charge in [0.1, 0.15) is 5.75 Å². The molecular weight excluding hydrogens is 495 g/mol. The second-order valence-electron chi connectivity index (χ2n) is 6.49. The summed E-state index contributed by atoms with van der Waals surface area (Å²) >= 11 is 12.6. The average molecular weight is 515 g/mol. The van der Waals surface area contributed by atoms with Crippen LogP contribution >= 0.6 is 34.5 Å². The number of sulfonamides is 1. The topological polar surface area (TPSA) is 110 Å². The molecule has 1 heterocycles. The zero-order valence-corrected chi connectivity index (χ0v) is 20.1. The van der Waals surface area contributed by atoms with Crippen molar-refractivity contribution >= 4 is 55.6 Å². The second-order valence-corrected chi connectivity index (χ2v) is 10.3. The summed E-state index contributed by atoms with van der Waals surface area (Å²) in [4.78, 5) is 12.3. The molecule has 0 unspecified atom stereocenters. The molecule has 0 saturated heterocycles. The number of benzene rings is 2. The summed E-state index contributed by atoms with van der Waals surface area (Å²) in [6.07, 6.45) is 1.22. The molecule has 170 valence electrons. The van der Waals surface area contributed by atoms with Crippen LogP contribution in [0.5, 0.6) is 5.75 Å². The number of amides is 1. The lowest BCUT2D eigenvalue weighted by molar-refractivity contribution is 0.102. The smallest absolute Gasteiger partial charge is 0.269 e. The Morgan fingerprint density at radius 1 is 1.16 bits per heavy atom. The van der Waals surface area contributed by atoms with Gasteiger partial charge in [-0.2, -0.15) is 0 Å². The maximum atomic E-state index is 12.5. The van der Waals surface area contributed by atoms with Crippen molar-refractivity contribution in [3.8, 4) is 5.75 Å². The third-order valence-corrected chi connectivity index (χ3v) is 7.43. The Morgan fingerprint density at radius 2 is 1.94 bits per heavy atom. The van der Waals surface area contributed by atoms with Crippen molar-refractivity contribution in [2.75, 3.05) is 18.5 Å². The van der Waals surface area contributed by atoms with Crippen molar-refractivity contribution in [1.82, 2.24) is 14.9 Å². The van der Waals surface area contributed by atoms with Crippen LogP contribution in [0.2, 0.25) is 10.0 Å². The maximum Gasteiger partial charge on any atom is 0.269 e. The molecular formula is C20H20Cl2N4O4S2. The van der Waals surface area contributed by atoms with Gasteiger partial charge in [0.15, 0.2) is 0 Å². The minimum Gasteiger partial charge on any atom is -0.494 e. The normalized spacial score (nSPS) is 11.3. The van der Waals surface area contributed by atoms with Gasteiger partial charge in [0, 0.05) is 11.6 Å². The molecule has 0 bridgehead atoms. The molecule has 0 aliphatic heterocycles. The van der Waals surface area contributed by atoms with Crippen LogP contribution in [-0.2, 0) is 16.4 Å². The first-order chi connectivity index (χ1) is 15.3. The van der Waals surface area contributed by atoms with Crippen LogP contribution in [0.15, 0.2) is 46.8 Å². The van der Waals surface area contributed by atoms with Gasteiger partial charge in [0.25, 0.3) is 15.9 Å². The largest absolute Gasteiger partial charge is 0.494 e. The van der Waals surface area contributed by atoms with E-state index in [0.717, 1.165) is 22.6 Å². The molecule has 32 heavy (non-hydrogen) atoms. The molecule has 12 heteroatoms. The van der Waals surface area contributed by atoms with Crippen LogP contribution < -0.4 is 14.8 Å². The van der Waals surface area contributed by atoms with E-state index in [-0.39, 0.29) is 26.6 Å². The fraction of sp³-hybridized carbons (Fsp3) is 0.250. The number of aryl methyl sites for hydroxylation is 1. The number of carbonyl (C=O) groups excluding carboxylic acids is 1. The van der Waals surface area contributed by atoms with E-state index in [4.69, 9.17) is 27.9 Å². The molecule has 0 radical (unpaired) electrons. The molecule has 0 spiro atoms. The first-order valence-electron chi connectivity index (χ1n) is 9.60. The number of aromatic nitrogens is 2. The molecule has 0 aliphatic rings. The number of hydrogen-bond donors (Lipinski definition) is 2. The highest BCUT2D eigenvalue weighted by Gasteiger charge is 2.21. The number of ether oxygens (including phenoxy) is 1. The Bertz CT molecular complexity index is 1200. The summed E-state index contributed by atoms with van der Waals surface area (Å²) in [7, 11) is -3.86. The van der Waals surface area contributed by atoms with Crippen LogP contribution in [0, 0.1) is 0 Å². The Kier molecular flexibility index (Phi) is 8.44. The Labute approximate surface area is 200 Å². The number of anilines is 1. The minimum absolute atomic E-state index is 0.0343. The van der Waals surface area contributed by atoms with Gasteiger partial charge >= 0.3 is 0 Å². The van der Waals surface area contributed by atoms with Gasteiger partial charge < -0.3 is 4.74 Å². The van der Waals surface area contributed by atoms with E-state index in [2.05, 4.69) is 20.2 Å². The highest BCUT2D eigenvalue weighted by Crippen LogP contribution is 2.24. The third-order valence-electron chi connectivity index (χ3n) is 4.22. The quantitative estimate of drug-likeness (QED) is 0.306. The van der Waals surface area contributed by atoms with Gasteiger partial charge in [-0.1, -0.05) is 52.7 Å². The predicted molar refractivity (Wildman–Crippen MR) is 125 cm³/mol. The van der Waals surface area contributed by atoms with E-state index in [1.807, 2.05) is 31.2 Å². The molecule has 2 aromatic carbocycles. The van der Waals surface area contributed by atoms with E-state index < -0.39 is 15.9 Å². The van der Waals surface area contributed by atoms with Crippen LogP contribution in [0.4, 0.5) is 5.13 Å². The van der Waals surface area contributed by atoms with E-state index in [0.29, 0.717) is 24.5 Å². The van der Waals surface area contributed by atoms with Crippen molar-refractivity contribution in [2.45, 2.75) is 24.1 Å². The van der Waals surface area contributed by atoms with Gasteiger partial charge in [-0.05, 0) is 49.6 Å². The summed E-state index contributed by atoms with van der Waals surface area (Å²) in [6.45, 7) is 2.68. The van der Waals surface area contributed by atoms with Crippen molar-refractivity contribution in [3.63, 3.8) is 0 Å². The van der Waals surface area contributed by atoms with Crippen LogP contribution in [0.25, 0.3) is 0 Å². The Morgan fingerprint density at radius 3 is 2.69 bits per heavy atom. The van der Waals surface area contributed by atoms with E-state index in [9.17, 15) is 13.2 Å². The molecule has 0 atom stereocenters. The molecule has 1 aromatic heterocycles. The number of nitrogens with one attached hydrogen (secondary N) is 2. The number of rotatable bonds is 10. The molecule has 0 aliphatic carbocycles. The van der Waals surface area contributed by atoms with E-state index in [1.54, 1.807) is 0 Å². The third kappa shape index (κ3) is 6.39. The lowest BCUT2D eigenvalue weighted by Gasteiger charge is -2.10. The molecule has 8 nitrogen and oxygen atoms in total. The zero-order chi connectivity index (χ0) is 23.1. The lowest BCUT2D eigenvalue weighted by atomic mass is 10.1. The minimum atomic E-state index is -3.86.